The number of aliphatic carboxylic acids is 1. The van der Waals surface area contributed by atoms with Gasteiger partial charge in [0.05, 0.1) is 20.1 Å². The molecule has 0 amide bonds. The van der Waals surface area contributed by atoms with E-state index in [1.54, 1.807) is 32.4 Å². The van der Waals surface area contributed by atoms with Crippen molar-refractivity contribution in [1.82, 2.24) is 10.6 Å². The number of fused-ring (bicyclic) bond motifs is 3. The third-order valence-corrected chi connectivity index (χ3v) is 13.2. The van der Waals surface area contributed by atoms with Crippen LogP contribution in [0.25, 0.3) is 11.1 Å². The van der Waals surface area contributed by atoms with Gasteiger partial charge in [0.25, 0.3) is 5.79 Å². The van der Waals surface area contributed by atoms with E-state index < -0.39 is 59.8 Å². The van der Waals surface area contributed by atoms with Crippen LogP contribution in [-0.2, 0) is 22.5 Å². The first-order valence-electron chi connectivity index (χ1n) is 20.7. The van der Waals surface area contributed by atoms with Gasteiger partial charge in [0.1, 0.15) is 41.9 Å². The zero-order valence-electron chi connectivity index (χ0n) is 34.1. The molecule has 6 aliphatic heterocycles. The molecule has 8 bridgehead atoms. The minimum Gasteiger partial charge on any atom is -0.508 e. The van der Waals surface area contributed by atoms with Crippen molar-refractivity contribution >= 4 is 11.7 Å². The van der Waals surface area contributed by atoms with Gasteiger partial charge in [0.2, 0.25) is 11.4 Å². The molecular formula is C46H49N3O12. The fourth-order valence-electron chi connectivity index (χ4n) is 10.5. The Morgan fingerprint density at radius 3 is 2.57 bits per heavy atom. The molecule has 7 aliphatic rings. The van der Waals surface area contributed by atoms with Crippen LogP contribution < -0.4 is 39.6 Å². The quantitative estimate of drug-likeness (QED) is 0.0890. The van der Waals surface area contributed by atoms with Crippen LogP contribution in [0.15, 0.2) is 66.7 Å². The first-order valence-corrected chi connectivity index (χ1v) is 20.7. The number of anilines is 1. The number of aliphatic hydroxyl groups is 3. The van der Waals surface area contributed by atoms with E-state index in [4.69, 9.17) is 28.4 Å². The van der Waals surface area contributed by atoms with E-state index in [-0.39, 0.29) is 17.4 Å². The third-order valence-electron chi connectivity index (χ3n) is 13.2. The molecule has 320 valence electrons. The second kappa shape index (κ2) is 14.5. The van der Waals surface area contributed by atoms with Crippen molar-refractivity contribution in [3.63, 3.8) is 0 Å². The van der Waals surface area contributed by atoms with E-state index in [1.807, 2.05) is 19.2 Å². The second-order valence-electron chi connectivity index (χ2n) is 16.7. The van der Waals surface area contributed by atoms with Crippen LogP contribution in [0.1, 0.15) is 64.7 Å². The van der Waals surface area contributed by atoms with E-state index in [2.05, 4.69) is 47.1 Å². The lowest BCUT2D eigenvalue weighted by Gasteiger charge is -2.57. The molecule has 15 heteroatoms. The summed E-state index contributed by atoms with van der Waals surface area (Å²) in [5, 5.41) is 65.9. The molecule has 4 aromatic rings. The van der Waals surface area contributed by atoms with Crippen molar-refractivity contribution < 1.29 is 58.7 Å². The number of ether oxygens (including phenoxy) is 6. The standard InChI is InChI=1S/C46H49N3O12/c1-5-13-48-20-28-22-8-6-7-21(14-22)15-23-9-10-25(50)17-26(23)27-18-29-35(49-31-11-12-45(44(54)55)42(52)36(51)43(53)46(31,60-29)61-45)40-33(27)39-34(37(28)58-40)32-24(19-47-2)16-30(56-3)38(57-4)41(32)59-39/h6-12,14,16-18,28,31,34,36-37,39,42-43,47-53H,5,13,15,19-20H2,1-4H3,(H,54,55). The number of carbonyl (C=O) groups is 1. The Morgan fingerprint density at radius 1 is 0.984 bits per heavy atom. The SMILES string of the molecule is CCCNCC1c2cccc(c2)Cc2ccc(O)cc2-c2cc3c(c4c2C2Oc5c(OC)c(OC)cc(CNC)c5C2C1O4)NC1C=CC2(C(=O)O)OC1(O3)C(O)C(O)C2O. The summed E-state index contributed by atoms with van der Waals surface area (Å²) in [4.78, 5) is 12.8. The van der Waals surface area contributed by atoms with Crippen molar-refractivity contribution in [2.75, 3.05) is 39.7 Å². The maximum absolute atomic E-state index is 12.8. The summed E-state index contributed by atoms with van der Waals surface area (Å²) < 4.78 is 39.6. The number of rotatable bonds is 9. The predicted octanol–water partition coefficient (Wildman–Crippen LogP) is 3.84. The van der Waals surface area contributed by atoms with Gasteiger partial charge in [-0.25, -0.2) is 4.79 Å². The van der Waals surface area contributed by atoms with E-state index in [0.29, 0.717) is 64.9 Å². The first-order chi connectivity index (χ1) is 29.5. The van der Waals surface area contributed by atoms with Crippen LogP contribution in [0.5, 0.6) is 34.5 Å². The van der Waals surface area contributed by atoms with E-state index in [1.165, 1.54) is 12.2 Å². The highest BCUT2D eigenvalue weighted by molar-refractivity contribution is 5.87. The number of hydrogen-bond acceptors (Lipinski definition) is 14. The Hall–Kier alpha value is -5.55. The number of benzene rings is 4. The molecule has 1 spiro atoms. The highest BCUT2D eigenvalue weighted by Gasteiger charge is 2.70. The summed E-state index contributed by atoms with van der Waals surface area (Å²) >= 11 is 0. The minimum absolute atomic E-state index is 0.0159. The van der Waals surface area contributed by atoms with Gasteiger partial charge in [-0.3, -0.25) is 0 Å². The number of nitrogens with one attached hydrogen (secondary N) is 3. The van der Waals surface area contributed by atoms with Crippen LogP contribution in [0.4, 0.5) is 5.69 Å². The molecule has 10 unspecified atom stereocenters. The molecule has 0 saturated carbocycles. The van der Waals surface area contributed by atoms with Crippen LogP contribution >= 0.6 is 0 Å². The molecule has 0 radical (unpaired) electrons. The average Bonchev–Trinajstić information content (AvgIpc) is 3.66. The smallest absolute Gasteiger partial charge is 0.343 e. The average molecular weight is 836 g/mol. The normalized spacial score (nSPS) is 30.6. The van der Waals surface area contributed by atoms with Crippen molar-refractivity contribution in [1.29, 1.82) is 0 Å². The van der Waals surface area contributed by atoms with Crippen molar-refractivity contribution in [2.24, 2.45) is 0 Å². The highest BCUT2D eigenvalue weighted by atomic mass is 16.7. The van der Waals surface area contributed by atoms with Gasteiger partial charge < -0.3 is 69.9 Å². The van der Waals surface area contributed by atoms with Crippen molar-refractivity contribution in [3.8, 4) is 45.6 Å². The molecule has 15 nitrogen and oxygen atoms in total. The van der Waals surface area contributed by atoms with Gasteiger partial charge in [0, 0.05) is 30.1 Å². The number of phenolic OH excluding ortho intramolecular Hbond substituents is 1. The molecule has 1 saturated heterocycles. The summed E-state index contributed by atoms with van der Waals surface area (Å²) in [6.45, 7) is 3.95. The van der Waals surface area contributed by atoms with Gasteiger partial charge >= 0.3 is 5.97 Å². The topological polar surface area (TPSA) is 210 Å². The van der Waals surface area contributed by atoms with Gasteiger partial charge in [-0.2, -0.15) is 0 Å². The number of carboxylic acids is 1. The summed E-state index contributed by atoms with van der Waals surface area (Å²) in [6, 6.07) is 16.4. The largest absolute Gasteiger partial charge is 0.508 e. The molecule has 1 aliphatic carbocycles. The zero-order valence-corrected chi connectivity index (χ0v) is 34.1. The third kappa shape index (κ3) is 5.68. The summed E-state index contributed by atoms with van der Waals surface area (Å²) in [5.41, 5.74) is 4.70. The Labute approximate surface area is 351 Å². The van der Waals surface area contributed by atoms with Gasteiger partial charge in [0.15, 0.2) is 29.1 Å². The molecule has 1 fully saturated rings. The van der Waals surface area contributed by atoms with Crippen LogP contribution in [0, 0.1) is 0 Å². The lowest BCUT2D eigenvalue weighted by atomic mass is 9.72. The number of aliphatic hydroxyl groups excluding tert-OH is 3. The minimum atomic E-state index is -2.42. The van der Waals surface area contributed by atoms with Crippen LogP contribution in [0.3, 0.4) is 0 Å². The Kier molecular flexibility index (Phi) is 9.43. The van der Waals surface area contributed by atoms with Gasteiger partial charge in [-0.05, 0) is 90.2 Å². The highest BCUT2D eigenvalue weighted by Crippen LogP contribution is 2.65. The number of phenols is 1. The van der Waals surface area contributed by atoms with Crippen molar-refractivity contribution in [2.45, 2.75) is 86.1 Å². The van der Waals surface area contributed by atoms with Crippen molar-refractivity contribution in [3.05, 3.63) is 100 Å². The predicted molar refractivity (Wildman–Crippen MR) is 221 cm³/mol. The lowest BCUT2D eigenvalue weighted by molar-refractivity contribution is -0.356. The maximum atomic E-state index is 12.8. The fourth-order valence-corrected chi connectivity index (χ4v) is 10.5. The molecule has 4 aromatic carbocycles. The second-order valence-corrected chi connectivity index (χ2v) is 16.7. The summed E-state index contributed by atoms with van der Waals surface area (Å²) in [5.74, 6) is -2.41. The molecule has 61 heavy (non-hydrogen) atoms. The lowest BCUT2D eigenvalue weighted by Crippen LogP contribution is -2.79. The van der Waals surface area contributed by atoms with Crippen LogP contribution in [-0.4, -0.2) is 108 Å². The van der Waals surface area contributed by atoms with E-state index in [0.717, 1.165) is 40.8 Å². The Morgan fingerprint density at radius 2 is 1.82 bits per heavy atom. The zero-order chi connectivity index (χ0) is 42.5. The number of methoxy groups -OCH3 is 2. The monoisotopic (exact) mass is 835 g/mol. The summed E-state index contributed by atoms with van der Waals surface area (Å²) in [7, 11) is 5.06. The first kappa shape index (κ1) is 39.6. The Bertz CT molecular complexity index is 2480. The van der Waals surface area contributed by atoms with Crippen LogP contribution in [0.2, 0.25) is 0 Å². The molecule has 6 heterocycles. The summed E-state index contributed by atoms with van der Waals surface area (Å²) in [6.07, 6.45) is -3.06. The number of carboxylic acid groups (broad SMARTS) is 1. The Balaban J connectivity index is 1.28. The van der Waals surface area contributed by atoms with Gasteiger partial charge in [-0.15, -0.1) is 0 Å². The molecule has 11 rings (SSSR count). The maximum Gasteiger partial charge on any atom is 0.343 e. The molecular weight excluding hydrogens is 787 g/mol. The number of aromatic hydroxyl groups is 1. The van der Waals surface area contributed by atoms with E-state index in [9.17, 15) is 30.3 Å². The number of hydrogen-bond donors (Lipinski definition) is 8. The molecule has 8 N–H and O–H groups in total. The van der Waals surface area contributed by atoms with Gasteiger partial charge in [-0.1, -0.05) is 43.3 Å². The van der Waals surface area contributed by atoms with E-state index >= 15 is 0 Å². The molecule has 0 aromatic heterocycles. The fraction of sp³-hybridized carbons (Fsp3) is 0.413. The molecule has 10 atom stereocenters.